The molecule has 2 nitrogen and oxygen atoms in total. The van der Waals surface area contributed by atoms with Crippen LogP contribution in [0.1, 0.15) is 30.1 Å². The Bertz CT molecular complexity index is 554. The van der Waals surface area contributed by atoms with Crippen molar-refractivity contribution in [3.63, 3.8) is 0 Å². The molecule has 2 aromatic carbocycles. The molecule has 0 amide bonds. The third kappa shape index (κ3) is 4.95. The van der Waals surface area contributed by atoms with Crippen molar-refractivity contribution in [1.29, 1.82) is 0 Å². The second kappa shape index (κ2) is 7.74. The first kappa shape index (κ1) is 16.2. The second-order valence-corrected chi connectivity index (χ2v) is 6.58. The van der Waals surface area contributed by atoms with Crippen molar-refractivity contribution >= 4 is 15.9 Å². The Balaban J connectivity index is 2.15. The number of hydrogen-bond acceptors (Lipinski definition) is 2. The summed E-state index contributed by atoms with van der Waals surface area (Å²) < 4.78 is 1.12. The number of nitrogens with one attached hydrogen (secondary N) is 1. The SMILES string of the molecule is CC(NC(CN(C)C)c1ccccc1)c1cccc(Br)c1. The van der Waals surface area contributed by atoms with Crippen molar-refractivity contribution in [2.75, 3.05) is 20.6 Å². The number of likely N-dealkylation sites (N-methyl/N-ethyl adjacent to an activating group) is 1. The van der Waals surface area contributed by atoms with Gasteiger partial charge in [0.05, 0.1) is 0 Å². The van der Waals surface area contributed by atoms with Crippen LogP contribution in [0, 0.1) is 0 Å². The monoisotopic (exact) mass is 346 g/mol. The highest BCUT2D eigenvalue weighted by atomic mass is 79.9. The number of rotatable bonds is 6. The highest BCUT2D eigenvalue weighted by Crippen LogP contribution is 2.22. The van der Waals surface area contributed by atoms with E-state index in [4.69, 9.17) is 0 Å². The molecule has 2 unspecified atom stereocenters. The molecule has 2 atom stereocenters. The molecule has 0 radical (unpaired) electrons. The number of nitrogens with zero attached hydrogens (tertiary/aromatic N) is 1. The van der Waals surface area contributed by atoms with Gasteiger partial charge >= 0.3 is 0 Å². The van der Waals surface area contributed by atoms with Crippen LogP contribution in [0.25, 0.3) is 0 Å². The van der Waals surface area contributed by atoms with E-state index in [1.54, 1.807) is 0 Å². The quantitative estimate of drug-likeness (QED) is 0.833. The van der Waals surface area contributed by atoms with Crippen molar-refractivity contribution in [1.82, 2.24) is 10.2 Å². The fraction of sp³-hybridized carbons (Fsp3) is 0.333. The van der Waals surface area contributed by atoms with Gasteiger partial charge in [0.1, 0.15) is 0 Å². The average Bonchev–Trinajstić information content (AvgIpc) is 2.47. The van der Waals surface area contributed by atoms with Gasteiger partial charge in [-0.2, -0.15) is 0 Å². The lowest BCUT2D eigenvalue weighted by molar-refractivity contribution is 0.325. The minimum atomic E-state index is 0.299. The Kier molecular flexibility index (Phi) is 5.97. The second-order valence-electron chi connectivity index (χ2n) is 5.67. The van der Waals surface area contributed by atoms with Crippen molar-refractivity contribution in [2.24, 2.45) is 0 Å². The zero-order valence-electron chi connectivity index (χ0n) is 12.9. The minimum absolute atomic E-state index is 0.299. The first-order valence-electron chi connectivity index (χ1n) is 7.27. The van der Waals surface area contributed by atoms with E-state index >= 15 is 0 Å². The van der Waals surface area contributed by atoms with Gasteiger partial charge in [-0.15, -0.1) is 0 Å². The minimum Gasteiger partial charge on any atom is -0.308 e. The maximum absolute atomic E-state index is 3.75. The van der Waals surface area contributed by atoms with Gasteiger partial charge in [0.15, 0.2) is 0 Å². The lowest BCUT2D eigenvalue weighted by atomic mass is 10.0. The third-order valence-corrected chi connectivity index (χ3v) is 4.04. The van der Waals surface area contributed by atoms with Gasteiger partial charge in [-0.25, -0.2) is 0 Å². The van der Waals surface area contributed by atoms with Crippen LogP contribution in [0.2, 0.25) is 0 Å². The topological polar surface area (TPSA) is 15.3 Å². The van der Waals surface area contributed by atoms with Gasteiger partial charge in [-0.05, 0) is 44.3 Å². The Morgan fingerprint density at radius 3 is 2.29 bits per heavy atom. The number of benzene rings is 2. The van der Waals surface area contributed by atoms with Crippen LogP contribution in [0.4, 0.5) is 0 Å². The molecule has 0 aromatic heterocycles. The molecule has 1 N–H and O–H groups in total. The molecule has 0 aliphatic heterocycles. The lowest BCUT2D eigenvalue weighted by Gasteiger charge is -2.27. The van der Waals surface area contributed by atoms with Gasteiger partial charge in [0, 0.05) is 23.1 Å². The Hall–Kier alpha value is -1.16. The van der Waals surface area contributed by atoms with Crippen LogP contribution < -0.4 is 5.32 Å². The smallest absolute Gasteiger partial charge is 0.0453 e. The molecule has 0 fully saturated rings. The fourth-order valence-corrected chi connectivity index (χ4v) is 2.90. The molecular formula is C18H23BrN2. The predicted molar refractivity (Wildman–Crippen MR) is 93.4 cm³/mol. The molecule has 0 bridgehead atoms. The van der Waals surface area contributed by atoms with Gasteiger partial charge < -0.3 is 10.2 Å². The molecule has 112 valence electrons. The Morgan fingerprint density at radius 1 is 1.00 bits per heavy atom. The first-order chi connectivity index (χ1) is 10.1. The molecule has 21 heavy (non-hydrogen) atoms. The summed E-state index contributed by atoms with van der Waals surface area (Å²) >= 11 is 3.55. The number of halogens is 1. The third-order valence-electron chi connectivity index (χ3n) is 3.55. The van der Waals surface area contributed by atoms with E-state index in [-0.39, 0.29) is 0 Å². The van der Waals surface area contributed by atoms with E-state index in [0.717, 1.165) is 11.0 Å². The van der Waals surface area contributed by atoms with Gasteiger partial charge in [0.25, 0.3) is 0 Å². The van der Waals surface area contributed by atoms with Gasteiger partial charge in [0.2, 0.25) is 0 Å². The van der Waals surface area contributed by atoms with Crippen LogP contribution in [-0.2, 0) is 0 Å². The zero-order chi connectivity index (χ0) is 15.2. The summed E-state index contributed by atoms with van der Waals surface area (Å²) in [6, 6.07) is 19.7. The van der Waals surface area contributed by atoms with E-state index < -0.39 is 0 Å². The molecule has 2 aromatic rings. The summed E-state index contributed by atoms with van der Waals surface area (Å²) in [7, 11) is 4.22. The molecule has 0 spiro atoms. The molecule has 3 heteroatoms. The first-order valence-corrected chi connectivity index (χ1v) is 8.06. The Morgan fingerprint density at radius 2 is 1.67 bits per heavy atom. The van der Waals surface area contributed by atoms with Crippen molar-refractivity contribution in [3.05, 3.63) is 70.2 Å². The van der Waals surface area contributed by atoms with E-state index in [9.17, 15) is 0 Å². The van der Waals surface area contributed by atoms with Crippen LogP contribution in [0.5, 0.6) is 0 Å². The van der Waals surface area contributed by atoms with E-state index in [0.29, 0.717) is 12.1 Å². The maximum Gasteiger partial charge on any atom is 0.0453 e. The summed E-state index contributed by atoms with van der Waals surface area (Å²) in [6.45, 7) is 3.19. The van der Waals surface area contributed by atoms with Gasteiger partial charge in [-0.1, -0.05) is 58.4 Å². The van der Waals surface area contributed by atoms with Crippen LogP contribution in [0.3, 0.4) is 0 Å². The lowest BCUT2D eigenvalue weighted by Crippen LogP contribution is -2.32. The maximum atomic E-state index is 3.75. The fourth-order valence-electron chi connectivity index (χ4n) is 2.48. The molecule has 0 saturated carbocycles. The number of hydrogen-bond donors (Lipinski definition) is 1. The predicted octanol–water partition coefficient (Wildman–Crippen LogP) is 4.40. The van der Waals surface area contributed by atoms with Crippen LogP contribution >= 0.6 is 15.9 Å². The average molecular weight is 347 g/mol. The highest BCUT2D eigenvalue weighted by Gasteiger charge is 2.16. The molecular weight excluding hydrogens is 324 g/mol. The summed E-state index contributed by atoms with van der Waals surface area (Å²) in [4.78, 5) is 2.22. The standard InChI is InChI=1S/C18H23BrN2/c1-14(16-10-7-11-17(19)12-16)20-18(13-21(2)3)15-8-5-4-6-9-15/h4-12,14,18,20H,13H2,1-3H3. The van der Waals surface area contributed by atoms with Crippen molar-refractivity contribution < 1.29 is 0 Å². The summed E-state index contributed by atoms with van der Waals surface area (Å²) in [6.07, 6.45) is 0. The van der Waals surface area contributed by atoms with Crippen molar-refractivity contribution in [3.8, 4) is 0 Å². The zero-order valence-corrected chi connectivity index (χ0v) is 14.5. The van der Waals surface area contributed by atoms with Crippen LogP contribution in [-0.4, -0.2) is 25.5 Å². The molecule has 0 aliphatic rings. The van der Waals surface area contributed by atoms with Crippen molar-refractivity contribution in [2.45, 2.75) is 19.0 Å². The highest BCUT2D eigenvalue weighted by molar-refractivity contribution is 9.10. The summed E-state index contributed by atoms with van der Waals surface area (Å²) in [5.41, 5.74) is 2.62. The van der Waals surface area contributed by atoms with Crippen LogP contribution in [0.15, 0.2) is 59.1 Å². The van der Waals surface area contributed by atoms with E-state index in [2.05, 4.69) is 102 Å². The normalized spacial score (nSPS) is 14.1. The molecule has 2 rings (SSSR count). The molecule has 0 aliphatic carbocycles. The summed E-state index contributed by atoms with van der Waals surface area (Å²) in [5.74, 6) is 0. The van der Waals surface area contributed by atoms with E-state index in [1.165, 1.54) is 11.1 Å². The Labute approximate surface area is 136 Å². The van der Waals surface area contributed by atoms with Gasteiger partial charge in [-0.3, -0.25) is 0 Å². The largest absolute Gasteiger partial charge is 0.308 e. The van der Waals surface area contributed by atoms with E-state index in [1.807, 2.05) is 0 Å². The molecule has 0 heterocycles. The summed E-state index contributed by atoms with van der Waals surface area (Å²) in [5, 5.41) is 3.75. The molecule has 0 saturated heterocycles.